The lowest BCUT2D eigenvalue weighted by atomic mass is 9.85. The molecule has 0 unspecified atom stereocenters. The maximum atomic E-state index is 13.1. The van der Waals surface area contributed by atoms with Crippen LogP contribution in [0.25, 0.3) is 10.9 Å². The van der Waals surface area contributed by atoms with Gasteiger partial charge in [-0.2, -0.15) is 0 Å². The van der Waals surface area contributed by atoms with Gasteiger partial charge in [0, 0.05) is 43.4 Å². The monoisotopic (exact) mass is 353 g/mol. The molecule has 0 atom stereocenters. The second kappa shape index (κ2) is 6.68. The standard InChI is InChI=1S/C20H23N3O3/c1-2-23-18(24)13-22(14-20(23)7-10-26-11-8-20)19(25)16-5-6-17-15(12-16)4-3-9-21-17/h3-6,9,12H,2,7-8,10-11,13-14H2,1H3. The largest absolute Gasteiger partial charge is 0.381 e. The smallest absolute Gasteiger partial charge is 0.254 e. The fourth-order valence-corrected chi connectivity index (χ4v) is 4.24. The van der Waals surface area contributed by atoms with Gasteiger partial charge in [-0.15, -0.1) is 0 Å². The Hall–Kier alpha value is -2.47. The van der Waals surface area contributed by atoms with Crippen LogP contribution in [0, 0.1) is 0 Å². The van der Waals surface area contributed by atoms with Crippen molar-refractivity contribution in [3.05, 3.63) is 42.1 Å². The molecule has 3 heterocycles. The first-order valence-corrected chi connectivity index (χ1v) is 9.15. The number of aromatic nitrogens is 1. The molecule has 2 fully saturated rings. The fourth-order valence-electron chi connectivity index (χ4n) is 4.24. The van der Waals surface area contributed by atoms with E-state index in [9.17, 15) is 9.59 Å². The van der Waals surface area contributed by atoms with Crippen molar-refractivity contribution < 1.29 is 14.3 Å². The second-order valence-electron chi connectivity index (χ2n) is 7.05. The van der Waals surface area contributed by atoms with Crippen LogP contribution in [0.2, 0.25) is 0 Å². The molecule has 26 heavy (non-hydrogen) atoms. The molecule has 6 heteroatoms. The van der Waals surface area contributed by atoms with Crippen LogP contribution in [-0.2, 0) is 9.53 Å². The van der Waals surface area contributed by atoms with Crippen molar-refractivity contribution in [2.75, 3.05) is 32.8 Å². The summed E-state index contributed by atoms with van der Waals surface area (Å²) in [5, 5.41) is 0.928. The number of benzene rings is 1. The Kier molecular flexibility index (Phi) is 4.36. The summed E-state index contributed by atoms with van der Waals surface area (Å²) < 4.78 is 5.51. The van der Waals surface area contributed by atoms with Crippen molar-refractivity contribution in [3.8, 4) is 0 Å². The zero-order valence-electron chi connectivity index (χ0n) is 15.0. The molecular weight excluding hydrogens is 330 g/mol. The summed E-state index contributed by atoms with van der Waals surface area (Å²) in [7, 11) is 0. The zero-order valence-corrected chi connectivity index (χ0v) is 15.0. The van der Waals surface area contributed by atoms with Gasteiger partial charge in [0.25, 0.3) is 5.91 Å². The topological polar surface area (TPSA) is 62.7 Å². The Morgan fingerprint density at radius 1 is 1.27 bits per heavy atom. The molecule has 1 aromatic carbocycles. The summed E-state index contributed by atoms with van der Waals surface area (Å²) in [5.41, 5.74) is 1.17. The van der Waals surface area contributed by atoms with Gasteiger partial charge in [0.2, 0.25) is 5.91 Å². The quantitative estimate of drug-likeness (QED) is 0.829. The molecule has 4 rings (SSSR count). The molecule has 0 N–H and O–H groups in total. The Bertz CT molecular complexity index is 845. The van der Waals surface area contributed by atoms with Crippen molar-refractivity contribution >= 4 is 22.7 Å². The molecular formula is C20H23N3O3. The van der Waals surface area contributed by atoms with E-state index in [-0.39, 0.29) is 23.9 Å². The van der Waals surface area contributed by atoms with Gasteiger partial charge in [-0.25, -0.2) is 0 Å². The normalized spacial score (nSPS) is 20.0. The fraction of sp³-hybridized carbons (Fsp3) is 0.450. The molecule has 2 amide bonds. The minimum absolute atomic E-state index is 0.0245. The predicted molar refractivity (Wildman–Crippen MR) is 97.8 cm³/mol. The summed E-state index contributed by atoms with van der Waals surface area (Å²) in [6.45, 7) is 4.65. The molecule has 0 radical (unpaired) electrons. The van der Waals surface area contributed by atoms with Crippen LogP contribution < -0.4 is 0 Å². The number of hydrogen-bond acceptors (Lipinski definition) is 4. The first-order chi connectivity index (χ1) is 12.6. The molecule has 2 aliphatic rings. The van der Waals surface area contributed by atoms with Crippen LogP contribution in [0.3, 0.4) is 0 Å². The highest BCUT2D eigenvalue weighted by molar-refractivity contribution is 6.00. The lowest BCUT2D eigenvalue weighted by Crippen LogP contribution is -2.67. The Morgan fingerprint density at radius 2 is 2.08 bits per heavy atom. The first-order valence-electron chi connectivity index (χ1n) is 9.15. The van der Waals surface area contributed by atoms with Gasteiger partial charge < -0.3 is 14.5 Å². The number of amides is 2. The first kappa shape index (κ1) is 17.0. The maximum Gasteiger partial charge on any atom is 0.254 e. The van der Waals surface area contributed by atoms with Gasteiger partial charge in [-0.1, -0.05) is 6.07 Å². The van der Waals surface area contributed by atoms with E-state index < -0.39 is 0 Å². The van der Waals surface area contributed by atoms with Crippen molar-refractivity contribution in [1.82, 2.24) is 14.8 Å². The number of hydrogen-bond donors (Lipinski definition) is 0. The number of ether oxygens (including phenoxy) is 1. The minimum Gasteiger partial charge on any atom is -0.381 e. The molecule has 0 bridgehead atoms. The van der Waals surface area contributed by atoms with Gasteiger partial charge in [-0.05, 0) is 44.0 Å². The van der Waals surface area contributed by atoms with Gasteiger partial charge >= 0.3 is 0 Å². The number of nitrogens with zero attached hydrogens (tertiary/aromatic N) is 3. The highest BCUT2D eigenvalue weighted by atomic mass is 16.5. The van der Waals surface area contributed by atoms with Gasteiger partial charge in [0.05, 0.1) is 11.1 Å². The van der Waals surface area contributed by atoms with E-state index in [0.717, 1.165) is 23.7 Å². The minimum atomic E-state index is -0.295. The average molecular weight is 353 g/mol. The molecule has 0 aliphatic carbocycles. The van der Waals surface area contributed by atoms with Crippen molar-refractivity contribution in [3.63, 3.8) is 0 Å². The van der Waals surface area contributed by atoms with Gasteiger partial charge in [0.1, 0.15) is 6.54 Å². The predicted octanol–water partition coefficient (Wildman–Crippen LogP) is 2.09. The lowest BCUT2D eigenvalue weighted by molar-refractivity contribution is -0.150. The number of carbonyl (C=O) groups is 2. The molecule has 2 aromatic rings. The number of rotatable bonds is 2. The molecule has 1 spiro atoms. The SMILES string of the molecule is CCN1C(=O)CN(C(=O)c2ccc3ncccc3c2)CC12CCOCC2. The molecule has 1 aromatic heterocycles. The summed E-state index contributed by atoms with van der Waals surface area (Å²) in [4.78, 5) is 33.8. The van der Waals surface area contributed by atoms with E-state index >= 15 is 0 Å². The Morgan fingerprint density at radius 3 is 2.85 bits per heavy atom. The van der Waals surface area contributed by atoms with Crippen LogP contribution in [0.15, 0.2) is 36.5 Å². The van der Waals surface area contributed by atoms with Crippen LogP contribution >= 0.6 is 0 Å². The molecule has 2 aliphatic heterocycles. The molecule has 2 saturated heterocycles. The zero-order chi connectivity index (χ0) is 18.1. The third kappa shape index (κ3) is 2.84. The van der Waals surface area contributed by atoms with Crippen LogP contribution in [-0.4, -0.2) is 65.0 Å². The van der Waals surface area contributed by atoms with Crippen LogP contribution in [0.4, 0.5) is 0 Å². The summed E-state index contributed by atoms with van der Waals surface area (Å²) in [6.07, 6.45) is 3.29. The molecule has 0 saturated carbocycles. The van der Waals surface area contributed by atoms with E-state index in [4.69, 9.17) is 4.74 Å². The van der Waals surface area contributed by atoms with Crippen molar-refractivity contribution in [1.29, 1.82) is 0 Å². The van der Waals surface area contributed by atoms with Gasteiger partial charge in [0.15, 0.2) is 0 Å². The van der Waals surface area contributed by atoms with E-state index in [2.05, 4.69) is 4.98 Å². The number of piperazine rings is 1. The van der Waals surface area contributed by atoms with Gasteiger partial charge in [-0.3, -0.25) is 14.6 Å². The second-order valence-corrected chi connectivity index (χ2v) is 7.05. The molecule has 6 nitrogen and oxygen atoms in total. The summed E-state index contributed by atoms with van der Waals surface area (Å²) in [5.74, 6) is -0.0674. The highest BCUT2D eigenvalue weighted by Gasteiger charge is 2.46. The van der Waals surface area contributed by atoms with Crippen LogP contribution in [0.5, 0.6) is 0 Å². The van der Waals surface area contributed by atoms with Crippen molar-refractivity contribution in [2.45, 2.75) is 25.3 Å². The average Bonchev–Trinajstić information content (AvgIpc) is 2.67. The molecule has 136 valence electrons. The highest BCUT2D eigenvalue weighted by Crippen LogP contribution is 2.33. The van der Waals surface area contributed by atoms with E-state index in [0.29, 0.717) is 31.9 Å². The number of likely N-dealkylation sites (N-methyl/N-ethyl adjacent to an activating group) is 1. The summed E-state index contributed by atoms with van der Waals surface area (Å²) in [6, 6.07) is 9.32. The van der Waals surface area contributed by atoms with E-state index in [1.165, 1.54) is 0 Å². The third-order valence-corrected chi connectivity index (χ3v) is 5.56. The number of pyridine rings is 1. The third-order valence-electron chi connectivity index (χ3n) is 5.56. The number of fused-ring (bicyclic) bond motifs is 1. The number of carbonyl (C=O) groups excluding carboxylic acids is 2. The van der Waals surface area contributed by atoms with Crippen LogP contribution in [0.1, 0.15) is 30.1 Å². The maximum absolute atomic E-state index is 13.1. The lowest BCUT2D eigenvalue weighted by Gasteiger charge is -2.52. The Balaban J connectivity index is 1.63. The van der Waals surface area contributed by atoms with E-state index in [1.54, 1.807) is 17.2 Å². The Labute approximate surface area is 152 Å². The summed E-state index contributed by atoms with van der Waals surface area (Å²) >= 11 is 0. The van der Waals surface area contributed by atoms with E-state index in [1.807, 2.05) is 36.1 Å². The van der Waals surface area contributed by atoms with Crippen molar-refractivity contribution in [2.24, 2.45) is 0 Å².